The monoisotopic (exact) mass is 276 g/mol. The first-order valence-corrected chi connectivity index (χ1v) is 7.71. The second-order valence-electron chi connectivity index (χ2n) is 6.58. The van der Waals surface area contributed by atoms with E-state index in [1.165, 1.54) is 12.8 Å². The van der Waals surface area contributed by atoms with Gasteiger partial charge in [0.25, 0.3) is 0 Å². The van der Waals surface area contributed by atoms with E-state index in [-0.39, 0.29) is 6.04 Å². The number of hydrogen-bond donors (Lipinski definition) is 1. The number of likely N-dealkylation sites (tertiary alicyclic amines) is 1. The first kappa shape index (κ1) is 15.3. The average Bonchev–Trinajstić information content (AvgIpc) is 2.38. The normalized spacial score (nSPS) is 20.6. The molecule has 3 heteroatoms. The fraction of sp³-hybridized carbons (Fsp3) is 0.647. The molecule has 2 rings (SSSR count). The van der Waals surface area contributed by atoms with Crippen molar-refractivity contribution in [2.45, 2.75) is 39.7 Å². The van der Waals surface area contributed by atoms with Gasteiger partial charge in [0.05, 0.1) is 6.61 Å². The van der Waals surface area contributed by atoms with Gasteiger partial charge >= 0.3 is 0 Å². The van der Waals surface area contributed by atoms with Gasteiger partial charge < -0.3 is 15.4 Å². The van der Waals surface area contributed by atoms with Crippen LogP contribution in [0.3, 0.4) is 0 Å². The predicted octanol–water partition coefficient (Wildman–Crippen LogP) is 3.21. The molecule has 112 valence electrons. The van der Waals surface area contributed by atoms with Crippen LogP contribution in [-0.2, 0) is 0 Å². The van der Waals surface area contributed by atoms with Crippen molar-refractivity contribution < 1.29 is 4.74 Å². The Morgan fingerprint density at radius 2 is 2.10 bits per heavy atom. The molecule has 1 aromatic carbocycles. The van der Waals surface area contributed by atoms with E-state index in [9.17, 15) is 0 Å². The third-order valence-corrected chi connectivity index (χ3v) is 4.05. The van der Waals surface area contributed by atoms with Crippen molar-refractivity contribution in [3.8, 4) is 5.75 Å². The van der Waals surface area contributed by atoms with Crippen molar-refractivity contribution >= 4 is 0 Å². The molecule has 0 radical (unpaired) electrons. The highest BCUT2D eigenvalue weighted by atomic mass is 16.5. The fourth-order valence-corrected chi connectivity index (χ4v) is 3.15. The summed E-state index contributed by atoms with van der Waals surface area (Å²) in [5.41, 5.74) is 7.96. The molecular weight excluding hydrogens is 248 g/mol. The standard InChI is InChI=1S/C17H28N2O/c1-4-20-16-9-6-5-8-14(16)15(18)12-19-11-7-10-17(2,3)13-19/h5-6,8-9,15H,4,7,10-13,18H2,1-3H3. The summed E-state index contributed by atoms with van der Waals surface area (Å²) in [4.78, 5) is 2.50. The minimum Gasteiger partial charge on any atom is -0.494 e. The number of nitrogens with two attached hydrogens (primary N) is 1. The zero-order valence-electron chi connectivity index (χ0n) is 13.1. The van der Waals surface area contributed by atoms with Crippen LogP contribution >= 0.6 is 0 Å². The van der Waals surface area contributed by atoms with Crippen LogP contribution in [0.5, 0.6) is 5.75 Å². The Morgan fingerprint density at radius 1 is 1.35 bits per heavy atom. The van der Waals surface area contributed by atoms with Gasteiger partial charge in [-0.3, -0.25) is 0 Å². The molecule has 1 aromatic rings. The number of rotatable bonds is 5. The van der Waals surface area contributed by atoms with Crippen LogP contribution in [0, 0.1) is 5.41 Å². The van der Waals surface area contributed by atoms with Crippen molar-refractivity contribution in [1.82, 2.24) is 4.90 Å². The highest BCUT2D eigenvalue weighted by Gasteiger charge is 2.27. The summed E-state index contributed by atoms with van der Waals surface area (Å²) in [7, 11) is 0. The maximum Gasteiger partial charge on any atom is 0.124 e. The van der Waals surface area contributed by atoms with Gasteiger partial charge in [-0.2, -0.15) is 0 Å². The van der Waals surface area contributed by atoms with Gasteiger partial charge in [0.15, 0.2) is 0 Å². The van der Waals surface area contributed by atoms with E-state index in [2.05, 4.69) is 24.8 Å². The number of nitrogens with zero attached hydrogens (tertiary/aromatic N) is 1. The average molecular weight is 276 g/mol. The van der Waals surface area contributed by atoms with Crippen LogP contribution in [-0.4, -0.2) is 31.1 Å². The summed E-state index contributed by atoms with van der Waals surface area (Å²) in [6, 6.07) is 8.17. The van der Waals surface area contributed by atoms with Crippen molar-refractivity contribution in [3.05, 3.63) is 29.8 Å². The number of piperidine rings is 1. The van der Waals surface area contributed by atoms with Gasteiger partial charge in [-0.25, -0.2) is 0 Å². The second-order valence-corrected chi connectivity index (χ2v) is 6.58. The highest BCUT2D eigenvalue weighted by Crippen LogP contribution is 2.30. The summed E-state index contributed by atoms with van der Waals surface area (Å²) in [6.07, 6.45) is 2.58. The Kier molecular flexibility index (Phi) is 5.06. The third kappa shape index (κ3) is 3.97. The third-order valence-electron chi connectivity index (χ3n) is 4.05. The SMILES string of the molecule is CCOc1ccccc1C(N)CN1CCCC(C)(C)C1. The van der Waals surface area contributed by atoms with E-state index < -0.39 is 0 Å². The molecule has 1 unspecified atom stereocenters. The summed E-state index contributed by atoms with van der Waals surface area (Å²) in [5.74, 6) is 0.929. The van der Waals surface area contributed by atoms with E-state index >= 15 is 0 Å². The summed E-state index contributed by atoms with van der Waals surface area (Å²) < 4.78 is 5.69. The van der Waals surface area contributed by atoms with Crippen LogP contribution in [0.2, 0.25) is 0 Å². The fourth-order valence-electron chi connectivity index (χ4n) is 3.15. The van der Waals surface area contributed by atoms with Crippen molar-refractivity contribution in [2.75, 3.05) is 26.2 Å². The quantitative estimate of drug-likeness (QED) is 0.897. The largest absolute Gasteiger partial charge is 0.494 e. The lowest BCUT2D eigenvalue weighted by molar-refractivity contribution is 0.111. The molecule has 1 fully saturated rings. The number of para-hydroxylation sites is 1. The zero-order valence-corrected chi connectivity index (χ0v) is 13.1. The molecule has 0 aliphatic carbocycles. The summed E-state index contributed by atoms with van der Waals surface area (Å²) in [6.45, 7) is 10.6. The molecule has 1 aliphatic rings. The first-order valence-electron chi connectivity index (χ1n) is 7.71. The lowest BCUT2D eigenvalue weighted by atomic mass is 9.84. The molecule has 1 atom stereocenters. The molecule has 0 aromatic heterocycles. The Morgan fingerprint density at radius 3 is 2.80 bits per heavy atom. The van der Waals surface area contributed by atoms with Crippen LogP contribution < -0.4 is 10.5 Å². The Labute approximate surface area is 123 Å². The number of ether oxygens (including phenoxy) is 1. The Bertz CT molecular complexity index is 431. The zero-order chi connectivity index (χ0) is 14.6. The molecule has 3 nitrogen and oxygen atoms in total. The van der Waals surface area contributed by atoms with E-state index in [0.717, 1.165) is 30.9 Å². The maximum atomic E-state index is 6.42. The number of hydrogen-bond acceptors (Lipinski definition) is 3. The first-order chi connectivity index (χ1) is 9.52. The van der Waals surface area contributed by atoms with Crippen LogP contribution in [0.15, 0.2) is 24.3 Å². The van der Waals surface area contributed by atoms with Gasteiger partial charge in [-0.1, -0.05) is 32.0 Å². The molecule has 0 spiro atoms. The van der Waals surface area contributed by atoms with Gasteiger partial charge in [-0.05, 0) is 37.8 Å². The van der Waals surface area contributed by atoms with Crippen LogP contribution in [0.1, 0.15) is 45.2 Å². The van der Waals surface area contributed by atoms with Crippen LogP contribution in [0.25, 0.3) is 0 Å². The topological polar surface area (TPSA) is 38.5 Å². The van der Waals surface area contributed by atoms with Crippen molar-refractivity contribution in [1.29, 1.82) is 0 Å². The molecular formula is C17H28N2O. The Hall–Kier alpha value is -1.06. The van der Waals surface area contributed by atoms with E-state index in [1.807, 2.05) is 25.1 Å². The van der Waals surface area contributed by atoms with Crippen molar-refractivity contribution in [3.63, 3.8) is 0 Å². The lowest BCUT2D eigenvalue weighted by Gasteiger charge is -2.39. The van der Waals surface area contributed by atoms with Gasteiger partial charge in [0, 0.05) is 24.7 Å². The molecule has 1 saturated heterocycles. The smallest absolute Gasteiger partial charge is 0.124 e. The summed E-state index contributed by atoms with van der Waals surface area (Å²) >= 11 is 0. The molecule has 0 bridgehead atoms. The predicted molar refractivity (Wildman–Crippen MR) is 84.0 cm³/mol. The number of benzene rings is 1. The minimum absolute atomic E-state index is 0.0200. The minimum atomic E-state index is 0.0200. The second kappa shape index (κ2) is 6.59. The molecule has 0 saturated carbocycles. The van der Waals surface area contributed by atoms with E-state index in [4.69, 9.17) is 10.5 Å². The summed E-state index contributed by atoms with van der Waals surface area (Å²) in [5, 5.41) is 0. The molecule has 2 N–H and O–H groups in total. The van der Waals surface area contributed by atoms with Crippen LogP contribution in [0.4, 0.5) is 0 Å². The van der Waals surface area contributed by atoms with Crippen molar-refractivity contribution in [2.24, 2.45) is 11.1 Å². The van der Waals surface area contributed by atoms with Gasteiger partial charge in [-0.15, -0.1) is 0 Å². The van der Waals surface area contributed by atoms with E-state index in [0.29, 0.717) is 12.0 Å². The maximum absolute atomic E-state index is 6.42. The Balaban J connectivity index is 2.02. The molecule has 1 heterocycles. The van der Waals surface area contributed by atoms with Gasteiger partial charge in [0.1, 0.15) is 5.75 Å². The molecule has 0 amide bonds. The molecule has 20 heavy (non-hydrogen) atoms. The highest BCUT2D eigenvalue weighted by molar-refractivity contribution is 5.36. The molecule has 1 aliphatic heterocycles. The lowest BCUT2D eigenvalue weighted by Crippen LogP contribution is -2.43. The van der Waals surface area contributed by atoms with E-state index in [1.54, 1.807) is 0 Å². The van der Waals surface area contributed by atoms with Gasteiger partial charge in [0.2, 0.25) is 0 Å².